The summed E-state index contributed by atoms with van der Waals surface area (Å²) in [7, 11) is 0. The third-order valence-electron chi connectivity index (χ3n) is 5.73. The van der Waals surface area contributed by atoms with Gasteiger partial charge >= 0.3 is 0 Å². The molecule has 8 heteroatoms. The molecular formula is C29H37N5OS2. The number of fused-ring (bicyclic) bond motifs is 2. The average Bonchev–Trinajstić information content (AvgIpc) is 2.91. The lowest BCUT2D eigenvalue weighted by Crippen LogP contribution is -2.46. The lowest BCUT2D eigenvalue weighted by molar-refractivity contribution is -0.123. The van der Waals surface area contributed by atoms with Gasteiger partial charge in [-0.3, -0.25) is 4.79 Å². The number of aromatic nitrogens is 2. The molecule has 2 aromatic carbocycles. The van der Waals surface area contributed by atoms with Crippen molar-refractivity contribution in [2.45, 2.75) is 55.2 Å². The van der Waals surface area contributed by atoms with E-state index >= 15 is 0 Å². The third-order valence-corrected chi connectivity index (χ3v) is 7.05. The summed E-state index contributed by atoms with van der Waals surface area (Å²) in [5.41, 5.74) is 13.1. The maximum absolute atomic E-state index is 11.7. The van der Waals surface area contributed by atoms with E-state index in [1.54, 1.807) is 11.8 Å². The van der Waals surface area contributed by atoms with Crippen LogP contribution in [0.3, 0.4) is 0 Å². The molecule has 0 aliphatic rings. The smallest absolute Gasteiger partial charge is 0.237 e. The van der Waals surface area contributed by atoms with E-state index in [1.165, 1.54) is 0 Å². The molecule has 0 spiro atoms. The van der Waals surface area contributed by atoms with Gasteiger partial charge in [-0.05, 0) is 56.0 Å². The lowest BCUT2D eigenvalue weighted by Gasteiger charge is -2.20. The normalized spacial score (nSPS) is 12.7. The van der Waals surface area contributed by atoms with Gasteiger partial charge in [-0.25, -0.2) is 9.97 Å². The SMILES string of the molecule is CC(C)C[C@H](CS)NC(=O)[C@H](N)CCCN.c1ccc2nc(Sc3ccc4ccccc4n3)ccc2c1. The Hall–Kier alpha value is -2.65. The van der Waals surface area contributed by atoms with Crippen LogP contribution >= 0.6 is 24.4 Å². The molecule has 0 radical (unpaired) electrons. The fourth-order valence-corrected chi connectivity index (χ4v) is 4.86. The molecule has 4 rings (SSSR count). The van der Waals surface area contributed by atoms with Crippen LogP contribution in [-0.2, 0) is 4.79 Å². The molecule has 196 valence electrons. The topological polar surface area (TPSA) is 107 Å². The summed E-state index contributed by atoms with van der Waals surface area (Å²) in [4.78, 5) is 21.0. The molecule has 0 bridgehead atoms. The van der Waals surface area contributed by atoms with Crippen molar-refractivity contribution in [3.63, 3.8) is 0 Å². The van der Waals surface area contributed by atoms with Crippen molar-refractivity contribution in [2.75, 3.05) is 12.3 Å². The number of rotatable bonds is 10. The summed E-state index contributed by atoms with van der Waals surface area (Å²) in [5, 5.41) is 7.18. The Bertz CT molecular complexity index is 1210. The number of hydrogen-bond donors (Lipinski definition) is 4. The largest absolute Gasteiger partial charge is 0.351 e. The molecule has 1 amide bonds. The quantitative estimate of drug-likeness (QED) is 0.201. The van der Waals surface area contributed by atoms with Crippen LogP contribution in [0.5, 0.6) is 0 Å². The van der Waals surface area contributed by atoms with E-state index < -0.39 is 6.04 Å². The van der Waals surface area contributed by atoms with Crippen LogP contribution in [0.15, 0.2) is 82.8 Å². The number of carbonyl (C=O) groups is 1. The first-order chi connectivity index (χ1) is 17.9. The van der Waals surface area contributed by atoms with E-state index in [0.29, 0.717) is 24.6 Å². The van der Waals surface area contributed by atoms with Crippen LogP contribution in [0.2, 0.25) is 0 Å². The first kappa shape index (κ1) is 28.9. The highest BCUT2D eigenvalue weighted by molar-refractivity contribution is 7.99. The molecule has 5 N–H and O–H groups in total. The minimum absolute atomic E-state index is 0.0897. The van der Waals surface area contributed by atoms with Crippen molar-refractivity contribution in [3.8, 4) is 0 Å². The van der Waals surface area contributed by atoms with Gasteiger partial charge in [-0.2, -0.15) is 12.6 Å². The van der Waals surface area contributed by atoms with Gasteiger partial charge in [0.05, 0.1) is 17.1 Å². The molecule has 0 aliphatic carbocycles. The number of benzene rings is 2. The number of carbonyl (C=O) groups excluding carboxylic acids is 1. The van der Waals surface area contributed by atoms with Gasteiger partial charge in [0.1, 0.15) is 10.1 Å². The first-order valence-electron chi connectivity index (χ1n) is 12.7. The molecule has 0 aliphatic heterocycles. The molecule has 0 unspecified atom stereocenters. The average molecular weight is 536 g/mol. The highest BCUT2D eigenvalue weighted by Crippen LogP contribution is 2.27. The zero-order chi connectivity index (χ0) is 26.6. The van der Waals surface area contributed by atoms with Gasteiger partial charge in [0.25, 0.3) is 0 Å². The zero-order valence-corrected chi connectivity index (χ0v) is 23.2. The molecule has 0 saturated heterocycles. The number of hydrogen-bond acceptors (Lipinski definition) is 7. The van der Waals surface area contributed by atoms with Crippen LogP contribution in [0.25, 0.3) is 21.8 Å². The maximum Gasteiger partial charge on any atom is 0.237 e. The fourth-order valence-electron chi connectivity index (χ4n) is 3.84. The molecule has 37 heavy (non-hydrogen) atoms. The Morgan fingerprint density at radius 2 is 1.46 bits per heavy atom. The maximum atomic E-state index is 11.7. The summed E-state index contributed by atoms with van der Waals surface area (Å²) in [6, 6.07) is 24.3. The molecule has 0 fully saturated rings. The summed E-state index contributed by atoms with van der Waals surface area (Å²) in [6.45, 7) is 4.82. The fraction of sp³-hybridized carbons (Fsp3) is 0.345. The summed E-state index contributed by atoms with van der Waals surface area (Å²) >= 11 is 5.82. The van der Waals surface area contributed by atoms with E-state index in [4.69, 9.17) is 11.5 Å². The Balaban J connectivity index is 0.000000216. The van der Waals surface area contributed by atoms with Gasteiger partial charge in [-0.1, -0.05) is 74.1 Å². The monoisotopic (exact) mass is 535 g/mol. The molecule has 2 aromatic heterocycles. The number of para-hydroxylation sites is 2. The summed E-state index contributed by atoms with van der Waals surface area (Å²) < 4.78 is 0. The Morgan fingerprint density at radius 1 is 0.919 bits per heavy atom. The van der Waals surface area contributed by atoms with Gasteiger partial charge in [0.15, 0.2) is 0 Å². The zero-order valence-electron chi connectivity index (χ0n) is 21.5. The molecular weight excluding hydrogens is 498 g/mol. The van der Waals surface area contributed by atoms with Crippen LogP contribution in [-0.4, -0.2) is 40.3 Å². The minimum atomic E-state index is -0.446. The van der Waals surface area contributed by atoms with Gasteiger partial charge in [0.2, 0.25) is 5.91 Å². The highest BCUT2D eigenvalue weighted by atomic mass is 32.2. The molecule has 4 aromatic rings. The molecule has 2 heterocycles. The Morgan fingerprint density at radius 3 is 1.95 bits per heavy atom. The van der Waals surface area contributed by atoms with E-state index in [1.807, 2.05) is 48.5 Å². The number of pyridine rings is 2. The minimum Gasteiger partial charge on any atom is -0.351 e. The number of nitrogens with zero attached hydrogens (tertiary/aromatic N) is 2. The summed E-state index contributed by atoms with van der Waals surface area (Å²) in [6.07, 6.45) is 2.35. The van der Waals surface area contributed by atoms with Crippen molar-refractivity contribution < 1.29 is 4.79 Å². The Labute approximate surface area is 229 Å². The predicted molar refractivity (Wildman–Crippen MR) is 159 cm³/mol. The van der Waals surface area contributed by atoms with E-state index in [2.05, 4.69) is 66.0 Å². The Kier molecular flexibility index (Phi) is 11.7. The van der Waals surface area contributed by atoms with E-state index in [0.717, 1.165) is 44.7 Å². The van der Waals surface area contributed by atoms with Crippen molar-refractivity contribution in [3.05, 3.63) is 72.8 Å². The number of amides is 1. The van der Waals surface area contributed by atoms with Crippen LogP contribution < -0.4 is 16.8 Å². The first-order valence-corrected chi connectivity index (χ1v) is 14.1. The third kappa shape index (κ3) is 9.31. The second-order valence-corrected chi connectivity index (χ2v) is 10.7. The second-order valence-electron chi connectivity index (χ2n) is 9.34. The van der Waals surface area contributed by atoms with Gasteiger partial charge < -0.3 is 16.8 Å². The van der Waals surface area contributed by atoms with Crippen LogP contribution in [0, 0.1) is 5.92 Å². The number of nitrogens with two attached hydrogens (primary N) is 2. The second kappa shape index (κ2) is 14.9. The number of thiol groups is 1. The van der Waals surface area contributed by atoms with Gasteiger partial charge in [0, 0.05) is 22.6 Å². The summed E-state index contributed by atoms with van der Waals surface area (Å²) in [5.74, 6) is 1.10. The van der Waals surface area contributed by atoms with Crippen molar-refractivity contribution >= 4 is 52.1 Å². The van der Waals surface area contributed by atoms with Crippen molar-refractivity contribution in [2.24, 2.45) is 17.4 Å². The van der Waals surface area contributed by atoms with Crippen molar-refractivity contribution in [1.82, 2.24) is 15.3 Å². The number of nitrogens with one attached hydrogen (secondary N) is 1. The van der Waals surface area contributed by atoms with Crippen LogP contribution in [0.4, 0.5) is 0 Å². The van der Waals surface area contributed by atoms with Crippen LogP contribution in [0.1, 0.15) is 33.1 Å². The van der Waals surface area contributed by atoms with Gasteiger partial charge in [-0.15, -0.1) is 0 Å². The van der Waals surface area contributed by atoms with E-state index in [9.17, 15) is 4.79 Å². The molecule has 6 nitrogen and oxygen atoms in total. The molecule has 2 atom stereocenters. The predicted octanol–water partition coefficient (Wildman–Crippen LogP) is 5.45. The van der Waals surface area contributed by atoms with E-state index in [-0.39, 0.29) is 11.9 Å². The highest BCUT2D eigenvalue weighted by Gasteiger charge is 2.17. The van der Waals surface area contributed by atoms with Crippen molar-refractivity contribution in [1.29, 1.82) is 0 Å². The standard InChI is InChI=1S/C18H12N2S.C11H25N3OS/c1-3-7-15-13(5-1)9-11-17(19-15)21-18-12-10-14-6-2-4-8-16(14)20-18;1-8(2)6-9(7-16)14-11(15)10(13)4-3-5-12/h1-12H;8-10,16H,3-7,12-13H2,1-2H3,(H,14,15)/t;9-,10-/m.1/s1. The lowest BCUT2D eigenvalue weighted by atomic mass is 10.0. The molecule has 0 saturated carbocycles.